The van der Waals surface area contributed by atoms with E-state index in [-0.39, 0.29) is 18.8 Å². The van der Waals surface area contributed by atoms with Gasteiger partial charge < -0.3 is 5.73 Å². The summed E-state index contributed by atoms with van der Waals surface area (Å²) in [6, 6.07) is 7.46. The highest BCUT2D eigenvalue weighted by atomic mass is 32.2. The standard InChI is InChI=1S/C14H20N2O2S/c1-2-3-11-19(17,18)16-12-14-8-5-4-7-13(14)9-6-10-15/h4-5,7-8,16H,2-3,10-12,15H2,1H3. The number of nitrogens with two attached hydrogens (primary N) is 1. The monoisotopic (exact) mass is 280 g/mol. The van der Waals surface area contributed by atoms with Crippen molar-refractivity contribution in [1.29, 1.82) is 0 Å². The first-order chi connectivity index (χ1) is 9.09. The van der Waals surface area contributed by atoms with Crippen LogP contribution >= 0.6 is 0 Å². The molecule has 0 saturated heterocycles. The van der Waals surface area contributed by atoms with Crippen LogP contribution in [0.4, 0.5) is 0 Å². The van der Waals surface area contributed by atoms with Gasteiger partial charge in [0.2, 0.25) is 10.0 Å². The molecular weight excluding hydrogens is 260 g/mol. The molecule has 0 aliphatic rings. The second-order valence-electron chi connectivity index (χ2n) is 4.16. The molecule has 0 aromatic heterocycles. The van der Waals surface area contributed by atoms with Crippen molar-refractivity contribution in [3.63, 3.8) is 0 Å². The molecule has 0 saturated carbocycles. The van der Waals surface area contributed by atoms with Gasteiger partial charge in [-0.3, -0.25) is 0 Å². The first-order valence-electron chi connectivity index (χ1n) is 6.33. The number of hydrogen-bond donors (Lipinski definition) is 2. The van der Waals surface area contributed by atoms with Crippen molar-refractivity contribution in [1.82, 2.24) is 4.72 Å². The van der Waals surface area contributed by atoms with Gasteiger partial charge >= 0.3 is 0 Å². The molecular formula is C14H20N2O2S. The number of sulfonamides is 1. The largest absolute Gasteiger partial charge is 0.320 e. The summed E-state index contributed by atoms with van der Waals surface area (Å²) in [5.74, 6) is 5.89. The van der Waals surface area contributed by atoms with Crippen LogP contribution < -0.4 is 10.5 Å². The molecule has 5 heteroatoms. The third-order valence-corrected chi connectivity index (χ3v) is 4.00. The molecule has 0 fully saturated rings. The van der Waals surface area contributed by atoms with Crippen molar-refractivity contribution in [2.45, 2.75) is 26.3 Å². The lowest BCUT2D eigenvalue weighted by molar-refractivity contribution is 0.578. The van der Waals surface area contributed by atoms with E-state index >= 15 is 0 Å². The van der Waals surface area contributed by atoms with Gasteiger partial charge in [0.25, 0.3) is 0 Å². The molecule has 0 unspecified atom stereocenters. The summed E-state index contributed by atoms with van der Waals surface area (Å²) in [5.41, 5.74) is 7.01. The lowest BCUT2D eigenvalue weighted by Gasteiger charge is -2.07. The van der Waals surface area contributed by atoms with Crippen LogP contribution in [0.5, 0.6) is 0 Å². The second-order valence-corrected chi connectivity index (χ2v) is 6.08. The predicted octanol–water partition coefficient (Wildman–Crippen LogP) is 1.22. The van der Waals surface area contributed by atoms with Crippen LogP contribution in [0.1, 0.15) is 30.9 Å². The zero-order chi connectivity index (χ0) is 14.1. The van der Waals surface area contributed by atoms with E-state index in [1.165, 1.54) is 0 Å². The Morgan fingerprint density at radius 3 is 2.74 bits per heavy atom. The highest BCUT2D eigenvalue weighted by molar-refractivity contribution is 7.89. The zero-order valence-corrected chi connectivity index (χ0v) is 12.0. The Morgan fingerprint density at radius 2 is 2.05 bits per heavy atom. The SMILES string of the molecule is CCCCS(=O)(=O)NCc1ccccc1C#CCN. The number of nitrogens with one attached hydrogen (secondary N) is 1. The van der Waals surface area contributed by atoms with Gasteiger partial charge in [0.1, 0.15) is 0 Å². The molecule has 0 bridgehead atoms. The topological polar surface area (TPSA) is 72.2 Å². The normalized spacial score (nSPS) is 10.8. The maximum Gasteiger partial charge on any atom is 0.211 e. The third kappa shape index (κ3) is 5.88. The fraction of sp³-hybridized carbons (Fsp3) is 0.429. The smallest absolute Gasteiger partial charge is 0.211 e. The Balaban J connectivity index is 2.72. The molecule has 3 N–H and O–H groups in total. The molecule has 0 heterocycles. The summed E-state index contributed by atoms with van der Waals surface area (Å²) in [7, 11) is -3.20. The average Bonchev–Trinajstić information content (AvgIpc) is 2.41. The number of unbranched alkanes of at least 4 members (excludes halogenated alkanes) is 1. The highest BCUT2D eigenvalue weighted by Gasteiger charge is 2.09. The van der Waals surface area contributed by atoms with Crippen molar-refractivity contribution in [3.8, 4) is 11.8 Å². The molecule has 0 aliphatic heterocycles. The van der Waals surface area contributed by atoms with Crippen molar-refractivity contribution < 1.29 is 8.42 Å². The second kappa shape index (κ2) is 7.95. The molecule has 1 rings (SSSR count). The summed E-state index contributed by atoms with van der Waals surface area (Å²) < 4.78 is 26.0. The predicted molar refractivity (Wildman–Crippen MR) is 77.9 cm³/mol. The van der Waals surface area contributed by atoms with Gasteiger partial charge in [-0.1, -0.05) is 43.4 Å². The van der Waals surface area contributed by atoms with Crippen LogP contribution in [0.25, 0.3) is 0 Å². The Bertz CT molecular complexity index is 556. The Labute approximate surface area is 115 Å². The first kappa shape index (κ1) is 15.7. The van der Waals surface area contributed by atoms with E-state index in [1.807, 2.05) is 31.2 Å². The maximum atomic E-state index is 11.7. The summed E-state index contributed by atoms with van der Waals surface area (Å²) in [6.45, 7) is 2.52. The molecule has 19 heavy (non-hydrogen) atoms. The van der Waals surface area contributed by atoms with Crippen molar-refractivity contribution in [2.24, 2.45) is 5.73 Å². The van der Waals surface area contributed by atoms with Gasteiger partial charge in [-0.15, -0.1) is 0 Å². The van der Waals surface area contributed by atoms with Gasteiger partial charge in [0, 0.05) is 12.1 Å². The Morgan fingerprint density at radius 1 is 1.32 bits per heavy atom. The minimum atomic E-state index is -3.20. The van der Waals surface area contributed by atoms with Crippen molar-refractivity contribution in [3.05, 3.63) is 35.4 Å². The lowest BCUT2D eigenvalue weighted by atomic mass is 10.1. The van der Waals surface area contributed by atoms with Crippen LogP contribution in [0.3, 0.4) is 0 Å². The van der Waals surface area contributed by atoms with E-state index < -0.39 is 10.0 Å². The van der Waals surface area contributed by atoms with Crippen molar-refractivity contribution in [2.75, 3.05) is 12.3 Å². The summed E-state index contributed by atoms with van der Waals surface area (Å²) in [6.07, 6.45) is 1.53. The van der Waals surface area contributed by atoms with Crippen LogP contribution in [0.2, 0.25) is 0 Å². The zero-order valence-electron chi connectivity index (χ0n) is 11.1. The summed E-state index contributed by atoms with van der Waals surface area (Å²) in [5, 5.41) is 0. The Kier molecular flexibility index (Phi) is 6.57. The number of rotatable bonds is 6. The van der Waals surface area contributed by atoms with E-state index in [4.69, 9.17) is 5.73 Å². The first-order valence-corrected chi connectivity index (χ1v) is 7.98. The Hall–Kier alpha value is -1.35. The van der Waals surface area contributed by atoms with Gasteiger partial charge in [0.15, 0.2) is 0 Å². The van der Waals surface area contributed by atoms with E-state index in [2.05, 4.69) is 16.6 Å². The lowest BCUT2D eigenvalue weighted by Crippen LogP contribution is -2.26. The fourth-order valence-corrected chi connectivity index (χ4v) is 2.73. The van der Waals surface area contributed by atoms with E-state index in [0.717, 1.165) is 17.5 Å². The molecule has 1 aromatic rings. The van der Waals surface area contributed by atoms with Crippen LogP contribution in [0, 0.1) is 11.8 Å². The van der Waals surface area contributed by atoms with Gasteiger partial charge in [-0.25, -0.2) is 13.1 Å². The summed E-state index contributed by atoms with van der Waals surface area (Å²) in [4.78, 5) is 0. The van der Waals surface area contributed by atoms with Crippen LogP contribution in [0.15, 0.2) is 24.3 Å². The molecule has 4 nitrogen and oxygen atoms in total. The molecule has 0 aliphatic carbocycles. The quantitative estimate of drug-likeness (QED) is 0.770. The van der Waals surface area contributed by atoms with E-state index in [1.54, 1.807) is 0 Å². The van der Waals surface area contributed by atoms with Gasteiger partial charge in [0.05, 0.1) is 12.3 Å². The third-order valence-electron chi connectivity index (χ3n) is 2.59. The molecule has 0 atom stereocenters. The minimum Gasteiger partial charge on any atom is -0.320 e. The molecule has 0 amide bonds. The van der Waals surface area contributed by atoms with Gasteiger partial charge in [-0.2, -0.15) is 0 Å². The van der Waals surface area contributed by atoms with E-state index in [0.29, 0.717) is 6.42 Å². The maximum absolute atomic E-state index is 11.7. The molecule has 104 valence electrons. The van der Waals surface area contributed by atoms with Crippen LogP contribution in [-0.4, -0.2) is 20.7 Å². The molecule has 0 spiro atoms. The van der Waals surface area contributed by atoms with Gasteiger partial charge in [-0.05, 0) is 18.1 Å². The van der Waals surface area contributed by atoms with Crippen molar-refractivity contribution >= 4 is 10.0 Å². The van der Waals surface area contributed by atoms with Crippen LogP contribution in [-0.2, 0) is 16.6 Å². The molecule has 0 radical (unpaired) electrons. The average molecular weight is 280 g/mol. The fourth-order valence-electron chi connectivity index (χ4n) is 1.54. The number of benzene rings is 1. The minimum absolute atomic E-state index is 0.167. The van der Waals surface area contributed by atoms with E-state index in [9.17, 15) is 8.42 Å². The highest BCUT2D eigenvalue weighted by Crippen LogP contribution is 2.07. The molecule has 1 aromatic carbocycles. The summed E-state index contributed by atoms with van der Waals surface area (Å²) >= 11 is 0. The number of hydrogen-bond acceptors (Lipinski definition) is 3.